The van der Waals surface area contributed by atoms with E-state index in [-0.39, 0.29) is 12.1 Å². The molecular formula is C15H23F2N3O3S. The van der Waals surface area contributed by atoms with Gasteiger partial charge in [0.1, 0.15) is 16.5 Å². The highest BCUT2D eigenvalue weighted by Crippen LogP contribution is 2.24. The lowest BCUT2D eigenvalue weighted by molar-refractivity contribution is -0.116. The van der Waals surface area contributed by atoms with Gasteiger partial charge in [-0.25, -0.2) is 21.9 Å². The molecule has 24 heavy (non-hydrogen) atoms. The number of amides is 1. The Bertz CT molecular complexity index is 701. The minimum atomic E-state index is -4.20. The standard InChI is InChI=1S/C15H23F2N3O3S/c1-15(2,3)20-24(22,23)13-9-12(10(16)8-11(13)17)19-14(21)6-5-7-18-4/h8-9,18,20H,5-7H2,1-4H3,(H,19,21). The van der Waals surface area contributed by atoms with Crippen LogP contribution in [0.15, 0.2) is 17.0 Å². The van der Waals surface area contributed by atoms with E-state index in [0.29, 0.717) is 19.0 Å². The average molecular weight is 363 g/mol. The molecule has 0 spiro atoms. The van der Waals surface area contributed by atoms with Gasteiger partial charge in [0.15, 0.2) is 0 Å². The number of hydrogen-bond donors (Lipinski definition) is 3. The summed E-state index contributed by atoms with van der Waals surface area (Å²) < 4.78 is 54.5. The summed E-state index contributed by atoms with van der Waals surface area (Å²) in [5.41, 5.74) is -1.21. The van der Waals surface area contributed by atoms with Gasteiger partial charge >= 0.3 is 0 Å². The van der Waals surface area contributed by atoms with Gasteiger partial charge in [0.25, 0.3) is 0 Å². The van der Waals surface area contributed by atoms with Gasteiger partial charge in [-0.2, -0.15) is 0 Å². The molecule has 136 valence electrons. The molecule has 1 aromatic rings. The van der Waals surface area contributed by atoms with E-state index in [9.17, 15) is 22.0 Å². The molecule has 0 saturated carbocycles. The number of hydrogen-bond acceptors (Lipinski definition) is 4. The van der Waals surface area contributed by atoms with E-state index in [1.807, 2.05) is 0 Å². The van der Waals surface area contributed by atoms with Gasteiger partial charge in [0, 0.05) is 18.0 Å². The Balaban J connectivity index is 3.07. The highest BCUT2D eigenvalue weighted by atomic mass is 32.2. The molecular weight excluding hydrogens is 340 g/mol. The summed E-state index contributed by atoms with van der Waals surface area (Å²) in [6.45, 7) is 5.39. The minimum absolute atomic E-state index is 0.125. The van der Waals surface area contributed by atoms with Crippen molar-refractivity contribution < 1.29 is 22.0 Å². The van der Waals surface area contributed by atoms with E-state index in [2.05, 4.69) is 15.4 Å². The highest BCUT2D eigenvalue weighted by Gasteiger charge is 2.26. The van der Waals surface area contributed by atoms with Crippen molar-refractivity contribution in [1.29, 1.82) is 0 Å². The lowest BCUT2D eigenvalue weighted by atomic mass is 10.1. The fourth-order valence-electron chi connectivity index (χ4n) is 1.93. The topological polar surface area (TPSA) is 87.3 Å². The summed E-state index contributed by atoms with van der Waals surface area (Å²) in [6, 6.07) is 1.23. The number of anilines is 1. The highest BCUT2D eigenvalue weighted by molar-refractivity contribution is 7.89. The van der Waals surface area contributed by atoms with Crippen LogP contribution in [0, 0.1) is 11.6 Å². The minimum Gasteiger partial charge on any atom is -0.324 e. The van der Waals surface area contributed by atoms with E-state index in [0.717, 1.165) is 6.07 Å². The summed E-state index contributed by atoms with van der Waals surface area (Å²) in [5, 5.41) is 5.14. The Hall–Kier alpha value is -1.58. The van der Waals surface area contributed by atoms with Crippen LogP contribution in [0.5, 0.6) is 0 Å². The van der Waals surface area contributed by atoms with Crippen LogP contribution in [0.4, 0.5) is 14.5 Å². The van der Waals surface area contributed by atoms with Gasteiger partial charge in [-0.15, -0.1) is 0 Å². The van der Waals surface area contributed by atoms with Gasteiger partial charge in [-0.05, 0) is 46.9 Å². The number of benzene rings is 1. The zero-order chi connectivity index (χ0) is 18.5. The second-order valence-corrected chi connectivity index (χ2v) is 8.02. The third-order valence-corrected chi connectivity index (χ3v) is 4.63. The van der Waals surface area contributed by atoms with Crippen LogP contribution in [-0.2, 0) is 14.8 Å². The molecule has 6 nitrogen and oxygen atoms in total. The summed E-state index contributed by atoms with van der Waals surface area (Å²) in [7, 11) is -2.46. The van der Waals surface area contributed by atoms with Gasteiger partial charge in [0.2, 0.25) is 15.9 Å². The lowest BCUT2D eigenvalue weighted by Gasteiger charge is -2.21. The summed E-state index contributed by atoms with van der Waals surface area (Å²) in [4.78, 5) is 11.0. The number of sulfonamides is 1. The molecule has 0 bridgehead atoms. The van der Waals surface area contributed by atoms with Crippen LogP contribution in [0.1, 0.15) is 33.6 Å². The van der Waals surface area contributed by atoms with Crippen LogP contribution < -0.4 is 15.4 Å². The summed E-state index contributed by atoms with van der Waals surface area (Å²) >= 11 is 0. The van der Waals surface area contributed by atoms with Crippen molar-refractivity contribution in [1.82, 2.24) is 10.0 Å². The van der Waals surface area contributed by atoms with E-state index in [1.54, 1.807) is 27.8 Å². The second kappa shape index (κ2) is 8.00. The monoisotopic (exact) mass is 363 g/mol. The van der Waals surface area contributed by atoms with Crippen molar-refractivity contribution in [2.75, 3.05) is 18.9 Å². The van der Waals surface area contributed by atoms with Gasteiger partial charge in [-0.3, -0.25) is 4.79 Å². The van der Waals surface area contributed by atoms with Gasteiger partial charge in [0.05, 0.1) is 5.69 Å². The van der Waals surface area contributed by atoms with E-state index >= 15 is 0 Å². The molecule has 1 amide bonds. The Labute approximate surface area is 141 Å². The normalized spacial score (nSPS) is 12.2. The maximum atomic E-state index is 13.9. The quantitative estimate of drug-likeness (QED) is 0.647. The number of carbonyl (C=O) groups is 1. The smallest absolute Gasteiger partial charge is 0.244 e. The molecule has 9 heteroatoms. The average Bonchev–Trinajstić information content (AvgIpc) is 2.39. The third-order valence-electron chi connectivity index (χ3n) is 2.86. The third kappa shape index (κ3) is 6.14. The Kier molecular flexibility index (Phi) is 6.82. The lowest BCUT2D eigenvalue weighted by Crippen LogP contribution is -2.40. The molecule has 0 aliphatic carbocycles. The van der Waals surface area contributed by atoms with Crippen LogP contribution in [0.25, 0.3) is 0 Å². The van der Waals surface area contributed by atoms with Crippen LogP contribution in [0.3, 0.4) is 0 Å². The summed E-state index contributed by atoms with van der Waals surface area (Å²) in [6.07, 6.45) is 0.655. The summed E-state index contributed by atoms with van der Waals surface area (Å²) in [5.74, 6) is -2.75. The van der Waals surface area contributed by atoms with Crippen molar-refractivity contribution >= 4 is 21.6 Å². The number of carbonyl (C=O) groups excluding carboxylic acids is 1. The van der Waals surface area contributed by atoms with Crippen molar-refractivity contribution in [2.24, 2.45) is 0 Å². The Morgan fingerprint density at radius 1 is 1.17 bits per heavy atom. The first kappa shape index (κ1) is 20.5. The first-order valence-electron chi connectivity index (χ1n) is 7.44. The molecule has 0 saturated heterocycles. The molecule has 0 heterocycles. The fourth-order valence-corrected chi connectivity index (χ4v) is 3.43. The fraction of sp³-hybridized carbons (Fsp3) is 0.533. The number of nitrogens with one attached hydrogen (secondary N) is 3. The zero-order valence-corrected chi connectivity index (χ0v) is 15.0. The van der Waals surface area contributed by atoms with Gasteiger partial charge < -0.3 is 10.6 Å². The van der Waals surface area contributed by atoms with Crippen molar-refractivity contribution in [3.63, 3.8) is 0 Å². The molecule has 0 aliphatic heterocycles. The maximum Gasteiger partial charge on any atom is 0.244 e. The van der Waals surface area contributed by atoms with Crippen LogP contribution in [0.2, 0.25) is 0 Å². The number of halogens is 2. The second-order valence-electron chi connectivity index (χ2n) is 6.37. The van der Waals surface area contributed by atoms with Crippen LogP contribution in [-0.4, -0.2) is 33.5 Å². The molecule has 1 rings (SSSR count). The van der Waals surface area contributed by atoms with Crippen molar-refractivity contribution in [3.05, 3.63) is 23.8 Å². The molecule has 0 aromatic heterocycles. The SMILES string of the molecule is CNCCCC(=O)Nc1cc(S(=O)(=O)NC(C)(C)C)c(F)cc1F. The maximum absolute atomic E-state index is 13.9. The zero-order valence-electron chi connectivity index (χ0n) is 14.2. The predicted octanol–water partition coefficient (Wildman–Crippen LogP) is 1.98. The van der Waals surface area contributed by atoms with Crippen molar-refractivity contribution in [3.8, 4) is 0 Å². The largest absolute Gasteiger partial charge is 0.324 e. The van der Waals surface area contributed by atoms with E-state index < -0.39 is 38.0 Å². The van der Waals surface area contributed by atoms with Crippen molar-refractivity contribution in [2.45, 2.75) is 44.0 Å². The van der Waals surface area contributed by atoms with E-state index in [1.165, 1.54) is 0 Å². The predicted molar refractivity (Wildman–Crippen MR) is 88.2 cm³/mol. The molecule has 1 aromatic carbocycles. The Morgan fingerprint density at radius 3 is 2.33 bits per heavy atom. The molecule has 3 N–H and O–H groups in total. The first-order chi connectivity index (χ1) is 11.0. The van der Waals surface area contributed by atoms with E-state index in [4.69, 9.17) is 0 Å². The van der Waals surface area contributed by atoms with Crippen LogP contribution >= 0.6 is 0 Å². The first-order valence-corrected chi connectivity index (χ1v) is 8.92. The Morgan fingerprint density at radius 2 is 1.79 bits per heavy atom. The molecule has 0 fully saturated rings. The molecule has 0 radical (unpaired) electrons. The van der Waals surface area contributed by atoms with Gasteiger partial charge in [-0.1, -0.05) is 0 Å². The molecule has 0 aliphatic rings. The molecule has 0 unspecified atom stereocenters. The number of rotatable bonds is 7. The molecule has 0 atom stereocenters.